The van der Waals surface area contributed by atoms with E-state index in [1.165, 1.54) is 0 Å². The predicted molar refractivity (Wildman–Crippen MR) is 129 cm³/mol. The van der Waals surface area contributed by atoms with Crippen LogP contribution in [-0.2, 0) is 16.1 Å². The molecule has 3 aromatic carbocycles. The van der Waals surface area contributed by atoms with Crippen LogP contribution in [0.25, 0.3) is 0 Å². The van der Waals surface area contributed by atoms with Gasteiger partial charge in [-0.1, -0.05) is 66.7 Å². The first-order chi connectivity index (χ1) is 15.6. The van der Waals surface area contributed by atoms with Gasteiger partial charge in [-0.05, 0) is 42.4 Å². The lowest BCUT2D eigenvalue weighted by atomic mass is 10.0. The molecule has 32 heavy (non-hydrogen) atoms. The smallest absolute Gasteiger partial charge is 0.256 e. The fourth-order valence-electron chi connectivity index (χ4n) is 3.51. The molecule has 0 aliphatic carbocycles. The molecule has 0 aromatic heterocycles. The summed E-state index contributed by atoms with van der Waals surface area (Å²) in [6.45, 7) is 2.28. The number of carbonyl (C=O) groups is 1. The predicted octanol–water partition coefficient (Wildman–Crippen LogP) is 5.51. The molecule has 1 amide bonds. The number of thiocarbonyl (C=S) groups is 1. The Kier molecular flexibility index (Phi) is 6.82. The minimum absolute atomic E-state index is 0.156. The van der Waals surface area contributed by atoms with Crippen LogP contribution in [0.3, 0.4) is 0 Å². The van der Waals surface area contributed by atoms with Gasteiger partial charge < -0.3 is 14.8 Å². The van der Waals surface area contributed by atoms with Crippen molar-refractivity contribution >= 4 is 28.9 Å². The van der Waals surface area contributed by atoms with Crippen molar-refractivity contribution in [3.05, 3.63) is 107 Å². The molecule has 3 aromatic rings. The number of ether oxygens (including phenoxy) is 2. The number of rotatable bonds is 6. The second-order valence-corrected chi connectivity index (χ2v) is 7.87. The van der Waals surface area contributed by atoms with Crippen molar-refractivity contribution in [2.75, 3.05) is 5.32 Å². The van der Waals surface area contributed by atoms with Crippen molar-refractivity contribution in [2.24, 2.45) is 0 Å². The highest BCUT2D eigenvalue weighted by atomic mass is 32.1. The molecule has 0 radical (unpaired) electrons. The molecule has 1 heterocycles. The van der Waals surface area contributed by atoms with Crippen molar-refractivity contribution in [3.8, 4) is 5.75 Å². The lowest BCUT2D eigenvalue weighted by Gasteiger charge is -2.12. The highest BCUT2D eigenvalue weighted by molar-refractivity contribution is 7.80. The van der Waals surface area contributed by atoms with Crippen LogP contribution in [0.2, 0.25) is 0 Å². The van der Waals surface area contributed by atoms with E-state index in [2.05, 4.69) is 10.6 Å². The summed E-state index contributed by atoms with van der Waals surface area (Å²) in [6, 6.07) is 27.3. The van der Waals surface area contributed by atoms with Gasteiger partial charge in [-0.2, -0.15) is 0 Å². The van der Waals surface area contributed by atoms with Gasteiger partial charge >= 0.3 is 0 Å². The number of carbonyl (C=O) groups excluding carboxylic acids is 1. The molecule has 6 heteroatoms. The third-order valence-corrected chi connectivity index (χ3v) is 5.35. The SMILES string of the molecule is CC1=C(C(=O)NC(=S)Nc2cccc(OCc3ccccc3)c2)CC(c2ccccc2)O1. The van der Waals surface area contributed by atoms with Crippen LogP contribution in [0.1, 0.15) is 30.6 Å². The van der Waals surface area contributed by atoms with Crippen molar-refractivity contribution in [1.29, 1.82) is 0 Å². The van der Waals surface area contributed by atoms with Crippen LogP contribution < -0.4 is 15.4 Å². The number of nitrogens with one attached hydrogen (secondary N) is 2. The van der Waals surface area contributed by atoms with Gasteiger partial charge in [-0.3, -0.25) is 10.1 Å². The average Bonchev–Trinajstić information content (AvgIpc) is 3.21. The lowest BCUT2D eigenvalue weighted by Crippen LogP contribution is -2.35. The van der Waals surface area contributed by atoms with E-state index in [0.29, 0.717) is 30.1 Å². The van der Waals surface area contributed by atoms with Crippen LogP contribution in [0.4, 0.5) is 5.69 Å². The first kappa shape index (κ1) is 21.6. The van der Waals surface area contributed by atoms with Gasteiger partial charge in [0.15, 0.2) is 5.11 Å². The van der Waals surface area contributed by atoms with Crippen molar-refractivity contribution < 1.29 is 14.3 Å². The Morgan fingerprint density at radius 3 is 2.50 bits per heavy atom. The van der Waals surface area contributed by atoms with Gasteiger partial charge in [0.2, 0.25) is 0 Å². The van der Waals surface area contributed by atoms with E-state index in [4.69, 9.17) is 21.7 Å². The summed E-state index contributed by atoms with van der Waals surface area (Å²) in [5, 5.41) is 6.02. The molecule has 1 atom stereocenters. The summed E-state index contributed by atoms with van der Waals surface area (Å²) in [4.78, 5) is 12.8. The first-order valence-corrected chi connectivity index (χ1v) is 10.8. The average molecular weight is 445 g/mol. The molecule has 0 spiro atoms. The fraction of sp³-hybridized carbons (Fsp3) is 0.154. The van der Waals surface area contributed by atoms with E-state index >= 15 is 0 Å². The zero-order valence-corrected chi connectivity index (χ0v) is 18.5. The third-order valence-electron chi connectivity index (χ3n) is 5.15. The number of hydrogen-bond acceptors (Lipinski definition) is 4. The Balaban J connectivity index is 1.31. The normalized spacial score (nSPS) is 15.1. The van der Waals surface area contributed by atoms with E-state index < -0.39 is 0 Å². The molecule has 1 aliphatic heterocycles. The monoisotopic (exact) mass is 444 g/mol. The number of allylic oxidation sites excluding steroid dienone is 1. The summed E-state index contributed by atoms with van der Waals surface area (Å²) in [5.41, 5.74) is 3.46. The third kappa shape index (κ3) is 5.53. The molecule has 0 saturated carbocycles. The van der Waals surface area contributed by atoms with Crippen LogP contribution in [-0.4, -0.2) is 11.0 Å². The molecule has 1 unspecified atom stereocenters. The maximum absolute atomic E-state index is 12.8. The molecule has 2 N–H and O–H groups in total. The summed E-state index contributed by atoms with van der Waals surface area (Å²) < 4.78 is 11.7. The standard InChI is InChI=1S/C26H24N2O3S/c1-18-23(16-24(31-18)20-11-6-3-7-12-20)25(29)28-26(32)27-21-13-8-14-22(15-21)30-17-19-9-4-2-5-10-19/h2-15,24H,16-17H2,1H3,(H2,27,28,29,32). The second kappa shape index (κ2) is 10.1. The number of amides is 1. The molecule has 0 bridgehead atoms. The summed E-state index contributed by atoms with van der Waals surface area (Å²) in [7, 11) is 0. The summed E-state index contributed by atoms with van der Waals surface area (Å²) >= 11 is 5.35. The zero-order valence-electron chi connectivity index (χ0n) is 17.7. The molecular weight excluding hydrogens is 420 g/mol. The van der Waals surface area contributed by atoms with Crippen molar-refractivity contribution in [1.82, 2.24) is 5.32 Å². The Labute approximate surface area is 193 Å². The minimum atomic E-state index is -0.255. The van der Waals surface area contributed by atoms with Crippen molar-refractivity contribution in [2.45, 2.75) is 26.1 Å². The maximum Gasteiger partial charge on any atom is 0.256 e. The highest BCUT2D eigenvalue weighted by Gasteiger charge is 2.29. The molecule has 0 fully saturated rings. The van der Waals surface area contributed by atoms with Gasteiger partial charge in [-0.15, -0.1) is 0 Å². The first-order valence-electron chi connectivity index (χ1n) is 10.4. The highest BCUT2D eigenvalue weighted by Crippen LogP contribution is 2.35. The van der Waals surface area contributed by atoms with Gasteiger partial charge in [0.05, 0.1) is 5.57 Å². The van der Waals surface area contributed by atoms with Crippen LogP contribution in [0.5, 0.6) is 5.75 Å². The Hall–Kier alpha value is -3.64. The molecule has 162 valence electrons. The fourth-order valence-corrected chi connectivity index (χ4v) is 3.72. The number of benzene rings is 3. The molecular formula is C26H24N2O3S. The van der Waals surface area contributed by atoms with Crippen molar-refractivity contribution in [3.63, 3.8) is 0 Å². The van der Waals surface area contributed by atoms with Gasteiger partial charge in [0.1, 0.15) is 24.2 Å². The van der Waals surface area contributed by atoms with E-state index in [9.17, 15) is 4.79 Å². The zero-order chi connectivity index (χ0) is 22.3. The van der Waals surface area contributed by atoms with Gasteiger partial charge in [-0.25, -0.2) is 0 Å². The molecule has 0 saturated heterocycles. The Bertz CT molecular complexity index is 1130. The Morgan fingerprint density at radius 2 is 1.75 bits per heavy atom. The molecule has 5 nitrogen and oxygen atoms in total. The van der Waals surface area contributed by atoms with Crippen LogP contribution >= 0.6 is 12.2 Å². The number of anilines is 1. The minimum Gasteiger partial charge on any atom is -0.490 e. The largest absolute Gasteiger partial charge is 0.490 e. The van der Waals surface area contributed by atoms with Crippen LogP contribution in [0, 0.1) is 0 Å². The Morgan fingerprint density at radius 1 is 1.03 bits per heavy atom. The van der Waals surface area contributed by atoms with E-state index in [-0.39, 0.29) is 17.1 Å². The van der Waals surface area contributed by atoms with E-state index in [0.717, 1.165) is 16.8 Å². The van der Waals surface area contributed by atoms with Crippen LogP contribution in [0.15, 0.2) is 96.3 Å². The van der Waals surface area contributed by atoms with Gasteiger partial charge in [0, 0.05) is 18.2 Å². The summed E-state index contributed by atoms with van der Waals surface area (Å²) in [5.74, 6) is 1.08. The summed E-state index contributed by atoms with van der Waals surface area (Å²) in [6.07, 6.45) is 0.351. The quantitative estimate of drug-likeness (QED) is 0.491. The maximum atomic E-state index is 12.8. The number of hydrogen-bond donors (Lipinski definition) is 2. The van der Waals surface area contributed by atoms with E-state index in [1.54, 1.807) is 0 Å². The second-order valence-electron chi connectivity index (χ2n) is 7.47. The van der Waals surface area contributed by atoms with E-state index in [1.807, 2.05) is 91.9 Å². The lowest BCUT2D eigenvalue weighted by molar-refractivity contribution is -0.116. The topological polar surface area (TPSA) is 59.6 Å². The molecule has 1 aliphatic rings. The van der Waals surface area contributed by atoms with Gasteiger partial charge in [0.25, 0.3) is 5.91 Å². The molecule has 4 rings (SSSR count).